The van der Waals surface area contributed by atoms with E-state index < -0.39 is 0 Å². The van der Waals surface area contributed by atoms with Crippen LogP contribution in [0.2, 0.25) is 0 Å². The number of carbonyl (C=O) groups is 1. The van der Waals surface area contributed by atoms with Crippen LogP contribution >= 0.6 is 0 Å². The molecule has 1 N–H and O–H groups in total. The van der Waals surface area contributed by atoms with E-state index in [1.54, 1.807) is 0 Å². The Balaban J connectivity index is 2.38. The molecule has 1 aromatic rings. The average Bonchev–Trinajstić information content (AvgIpc) is 2.25. The molecule has 0 aliphatic heterocycles. The first kappa shape index (κ1) is 14.5. The quantitative estimate of drug-likeness (QED) is 0.871. The van der Waals surface area contributed by atoms with Crippen molar-refractivity contribution in [2.45, 2.75) is 26.0 Å². The molecule has 0 saturated heterocycles. The average molecular weight is 250 g/mol. The molecule has 1 aromatic carbocycles. The third kappa shape index (κ3) is 5.68. The maximum absolute atomic E-state index is 11.7. The molecule has 0 aliphatic carbocycles. The van der Waals surface area contributed by atoms with Gasteiger partial charge in [-0.15, -0.1) is 0 Å². The van der Waals surface area contributed by atoms with Crippen molar-refractivity contribution in [3.8, 4) is 0 Å². The normalized spacial score (nSPS) is 11.4. The Morgan fingerprint density at radius 1 is 1.28 bits per heavy atom. The number of likely N-dealkylation sites (N-methyl/N-ethyl adjacent to an activating group) is 1. The van der Waals surface area contributed by atoms with Crippen molar-refractivity contribution in [2.24, 2.45) is 0 Å². The van der Waals surface area contributed by atoms with Crippen molar-refractivity contribution >= 4 is 6.09 Å². The van der Waals surface area contributed by atoms with Crippen molar-refractivity contribution in [1.82, 2.24) is 10.2 Å². The van der Waals surface area contributed by atoms with E-state index in [4.69, 9.17) is 4.74 Å². The fourth-order valence-corrected chi connectivity index (χ4v) is 1.87. The van der Waals surface area contributed by atoms with Crippen LogP contribution in [-0.4, -0.2) is 37.2 Å². The maximum Gasteiger partial charge on any atom is 0.407 e. The van der Waals surface area contributed by atoms with Gasteiger partial charge in [-0.3, -0.25) is 0 Å². The minimum absolute atomic E-state index is 0.296. The standard InChI is InChI=1S/C14H22N2O2/c1-14(2,11-16(3)4)15-13(17)18-10-12-8-6-5-7-9-12/h5-9H,10-11H2,1-4H3,(H,15,17). The van der Waals surface area contributed by atoms with Crippen LogP contribution < -0.4 is 5.32 Å². The van der Waals surface area contributed by atoms with Gasteiger partial charge in [0.05, 0.1) is 5.54 Å². The van der Waals surface area contributed by atoms with Gasteiger partial charge in [-0.05, 0) is 33.5 Å². The minimum atomic E-state index is -0.384. The molecule has 0 saturated carbocycles. The van der Waals surface area contributed by atoms with Crippen molar-refractivity contribution in [2.75, 3.05) is 20.6 Å². The summed E-state index contributed by atoms with van der Waals surface area (Å²) in [6.45, 7) is 4.99. The highest BCUT2D eigenvalue weighted by Gasteiger charge is 2.21. The molecule has 0 spiro atoms. The lowest BCUT2D eigenvalue weighted by atomic mass is 10.1. The van der Waals surface area contributed by atoms with E-state index in [0.717, 1.165) is 12.1 Å². The highest BCUT2D eigenvalue weighted by molar-refractivity contribution is 5.68. The van der Waals surface area contributed by atoms with Crippen LogP contribution in [-0.2, 0) is 11.3 Å². The van der Waals surface area contributed by atoms with E-state index in [1.807, 2.05) is 63.2 Å². The van der Waals surface area contributed by atoms with Gasteiger partial charge in [0.2, 0.25) is 0 Å². The van der Waals surface area contributed by atoms with Crippen LogP contribution in [0.25, 0.3) is 0 Å². The van der Waals surface area contributed by atoms with Crippen LogP contribution in [0.4, 0.5) is 4.79 Å². The fraction of sp³-hybridized carbons (Fsp3) is 0.500. The third-order valence-electron chi connectivity index (χ3n) is 2.36. The largest absolute Gasteiger partial charge is 0.445 e. The van der Waals surface area contributed by atoms with Gasteiger partial charge in [0, 0.05) is 6.54 Å². The number of amides is 1. The fourth-order valence-electron chi connectivity index (χ4n) is 1.87. The molecule has 0 fully saturated rings. The second-order valence-corrected chi connectivity index (χ2v) is 5.31. The SMILES string of the molecule is CN(C)CC(C)(C)NC(=O)OCc1ccccc1. The summed E-state index contributed by atoms with van der Waals surface area (Å²) in [7, 11) is 3.94. The molecular formula is C14H22N2O2. The number of ether oxygens (including phenoxy) is 1. The molecule has 4 nitrogen and oxygen atoms in total. The second kappa shape index (κ2) is 6.40. The first-order chi connectivity index (χ1) is 8.39. The molecule has 0 bridgehead atoms. The lowest BCUT2D eigenvalue weighted by molar-refractivity contribution is 0.125. The predicted octanol–water partition coefficient (Wildman–Crippen LogP) is 2.25. The van der Waals surface area contributed by atoms with Crippen molar-refractivity contribution in [1.29, 1.82) is 0 Å². The summed E-state index contributed by atoms with van der Waals surface area (Å²) in [5.74, 6) is 0. The molecule has 0 heterocycles. The van der Waals surface area contributed by atoms with E-state index in [1.165, 1.54) is 0 Å². The summed E-state index contributed by atoms with van der Waals surface area (Å²) >= 11 is 0. The monoisotopic (exact) mass is 250 g/mol. The zero-order chi connectivity index (χ0) is 13.6. The molecule has 1 amide bonds. The molecule has 0 aliphatic rings. The number of rotatable bonds is 5. The maximum atomic E-state index is 11.7. The first-order valence-electron chi connectivity index (χ1n) is 6.03. The van der Waals surface area contributed by atoms with Crippen LogP contribution in [0.3, 0.4) is 0 Å². The molecular weight excluding hydrogens is 228 g/mol. The molecule has 0 aromatic heterocycles. The summed E-state index contributed by atoms with van der Waals surface area (Å²) in [6, 6.07) is 9.64. The summed E-state index contributed by atoms with van der Waals surface area (Å²) in [4.78, 5) is 13.7. The van der Waals surface area contributed by atoms with Crippen molar-refractivity contribution < 1.29 is 9.53 Å². The second-order valence-electron chi connectivity index (χ2n) is 5.31. The third-order valence-corrected chi connectivity index (χ3v) is 2.36. The van der Waals surface area contributed by atoms with E-state index in [2.05, 4.69) is 5.32 Å². The highest BCUT2D eigenvalue weighted by Crippen LogP contribution is 2.05. The van der Waals surface area contributed by atoms with Gasteiger partial charge in [0.25, 0.3) is 0 Å². The van der Waals surface area contributed by atoms with Gasteiger partial charge in [-0.1, -0.05) is 30.3 Å². The number of nitrogens with one attached hydrogen (secondary N) is 1. The van der Waals surface area contributed by atoms with Crippen LogP contribution in [0.1, 0.15) is 19.4 Å². The Kier molecular flexibility index (Phi) is 5.16. The Morgan fingerprint density at radius 3 is 2.44 bits per heavy atom. The van der Waals surface area contributed by atoms with E-state index in [0.29, 0.717) is 6.61 Å². The predicted molar refractivity (Wildman–Crippen MR) is 72.4 cm³/mol. The summed E-state index contributed by atoms with van der Waals surface area (Å²) in [6.07, 6.45) is -0.384. The van der Waals surface area contributed by atoms with Gasteiger partial charge in [-0.25, -0.2) is 4.79 Å². The van der Waals surface area contributed by atoms with Gasteiger partial charge < -0.3 is 15.0 Å². The number of benzene rings is 1. The minimum Gasteiger partial charge on any atom is -0.445 e. The van der Waals surface area contributed by atoms with Crippen LogP contribution in [0, 0.1) is 0 Å². The Labute approximate surface area is 109 Å². The lowest BCUT2D eigenvalue weighted by Gasteiger charge is -2.28. The zero-order valence-corrected chi connectivity index (χ0v) is 11.6. The Morgan fingerprint density at radius 2 is 1.89 bits per heavy atom. The Hall–Kier alpha value is -1.55. The first-order valence-corrected chi connectivity index (χ1v) is 6.03. The number of carbonyl (C=O) groups excluding carboxylic acids is 1. The molecule has 1 rings (SSSR count). The molecule has 0 radical (unpaired) electrons. The number of hydrogen-bond acceptors (Lipinski definition) is 3. The molecule has 18 heavy (non-hydrogen) atoms. The molecule has 100 valence electrons. The van der Waals surface area contributed by atoms with E-state index >= 15 is 0 Å². The van der Waals surface area contributed by atoms with Crippen LogP contribution in [0.15, 0.2) is 30.3 Å². The van der Waals surface area contributed by atoms with E-state index in [-0.39, 0.29) is 11.6 Å². The lowest BCUT2D eigenvalue weighted by Crippen LogP contribution is -2.50. The Bertz CT molecular complexity index is 375. The zero-order valence-electron chi connectivity index (χ0n) is 11.6. The molecule has 4 heteroatoms. The van der Waals surface area contributed by atoms with Crippen molar-refractivity contribution in [3.63, 3.8) is 0 Å². The van der Waals surface area contributed by atoms with E-state index in [9.17, 15) is 4.79 Å². The molecule has 0 unspecified atom stereocenters. The number of alkyl carbamates (subject to hydrolysis) is 1. The summed E-state index contributed by atoms with van der Waals surface area (Å²) < 4.78 is 5.18. The topological polar surface area (TPSA) is 41.6 Å². The van der Waals surface area contributed by atoms with Gasteiger partial charge >= 0.3 is 6.09 Å². The van der Waals surface area contributed by atoms with Gasteiger partial charge in [-0.2, -0.15) is 0 Å². The smallest absolute Gasteiger partial charge is 0.407 e. The summed E-state index contributed by atoms with van der Waals surface area (Å²) in [5.41, 5.74) is 0.676. The molecule has 0 atom stereocenters. The van der Waals surface area contributed by atoms with Gasteiger partial charge in [0.1, 0.15) is 6.61 Å². The summed E-state index contributed by atoms with van der Waals surface area (Å²) in [5, 5.41) is 2.86. The number of nitrogens with zero attached hydrogens (tertiary/aromatic N) is 1. The van der Waals surface area contributed by atoms with Gasteiger partial charge in [0.15, 0.2) is 0 Å². The van der Waals surface area contributed by atoms with Crippen LogP contribution in [0.5, 0.6) is 0 Å². The van der Waals surface area contributed by atoms with Crippen molar-refractivity contribution in [3.05, 3.63) is 35.9 Å². The highest BCUT2D eigenvalue weighted by atomic mass is 16.5. The number of hydrogen-bond donors (Lipinski definition) is 1.